The summed E-state index contributed by atoms with van der Waals surface area (Å²) in [6, 6.07) is 13.2. The van der Waals surface area contributed by atoms with Crippen LogP contribution in [0.2, 0.25) is 0 Å². The van der Waals surface area contributed by atoms with Gasteiger partial charge in [-0.1, -0.05) is 6.07 Å². The van der Waals surface area contributed by atoms with Crippen molar-refractivity contribution in [2.24, 2.45) is 0 Å². The predicted octanol–water partition coefficient (Wildman–Crippen LogP) is 5.20. The number of benzene rings is 1. The summed E-state index contributed by atoms with van der Waals surface area (Å²) in [5.41, 5.74) is 5.50. The number of Topliss-reactive ketones (excluding diaryl/α,β-unsaturated/α-hetero) is 1. The largest absolute Gasteiger partial charge is 0.506 e. The summed E-state index contributed by atoms with van der Waals surface area (Å²) in [5, 5.41) is 18.2. The Morgan fingerprint density at radius 1 is 1.06 bits per heavy atom. The molecule has 6 aromatic rings. The van der Waals surface area contributed by atoms with E-state index in [4.69, 9.17) is 4.98 Å². The highest BCUT2D eigenvalue weighted by Crippen LogP contribution is 2.35. The monoisotopic (exact) mass is 452 g/mol. The second-order valence-corrected chi connectivity index (χ2v) is 8.71. The molecule has 1 aromatic carbocycles. The van der Waals surface area contributed by atoms with Gasteiger partial charge in [0.2, 0.25) is 0 Å². The van der Waals surface area contributed by atoms with E-state index in [2.05, 4.69) is 25.1 Å². The Hall–Kier alpha value is -4.37. The molecule has 0 aliphatic rings. The average molecular weight is 452 g/mol. The first-order valence-corrected chi connectivity index (χ1v) is 11.0. The number of nitrogens with one attached hydrogen (secondary N) is 2. The van der Waals surface area contributed by atoms with Gasteiger partial charge in [0.05, 0.1) is 16.6 Å². The van der Waals surface area contributed by atoms with Gasteiger partial charge in [-0.25, -0.2) is 9.97 Å². The molecule has 0 bridgehead atoms. The number of H-pyrrole nitrogens is 2. The third kappa shape index (κ3) is 3.26. The molecule has 5 aromatic heterocycles. The molecule has 8 nitrogen and oxygen atoms in total. The van der Waals surface area contributed by atoms with Crippen molar-refractivity contribution >= 4 is 39.2 Å². The van der Waals surface area contributed by atoms with Crippen molar-refractivity contribution in [1.82, 2.24) is 30.1 Å². The highest BCUT2D eigenvalue weighted by Gasteiger charge is 2.17. The van der Waals surface area contributed by atoms with Gasteiger partial charge >= 0.3 is 0 Å². The SMILES string of the molecule is CC(=O)c1ccc(-c2ccnc3[nH]c(-c4n[nH]c5ccc(-c6cncc(O)c6)cc45)nc23)s1. The topological polar surface area (TPSA) is 120 Å². The van der Waals surface area contributed by atoms with Crippen LogP contribution < -0.4 is 0 Å². The van der Waals surface area contributed by atoms with Gasteiger partial charge in [-0.3, -0.25) is 14.9 Å². The van der Waals surface area contributed by atoms with Crippen LogP contribution in [-0.2, 0) is 0 Å². The maximum atomic E-state index is 11.7. The van der Waals surface area contributed by atoms with E-state index in [9.17, 15) is 9.90 Å². The normalized spacial score (nSPS) is 11.4. The maximum Gasteiger partial charge on any atom is 0.169 e. The lowest BCUT2D eigenvalue weighted by molar-refractivity contribution is 0.102. The van der Waals surface area contributed by atoms with Crippen LogP contribution in [0, 0.1) is 0 Å². The number of imidazole rings is 1. The number of aromatic hydroxyl groups is 1. The standard InChI is InChI=1S/C24H16N6O2S/c1-12(31)19-4-5-20(33-19)16-6-7-26-23-21(16)27-24(28-23)22-17-9-13(2-3-18(17)29-30-22)14-8-15(32)11-25-10-14/h2-11,32H,1H3,(H,29,30)(H,26,27,28). The smallest absolute Gasteiger partial charge is 0.169 e. The first-order valence-electron chi connectivity index (χ1n) is 10.2. The van der Waals surface area contributed by atoms with Gasteiger partial charge in [0, 0.05) is 33.8 Å². The van der Waals surface area contributed by atoms with Crippen LogP contribution in [0.15, 0.2) is 61.1 Å². The fourth-order valence-corrected chi connectivity index (χ4v) is 4.78. The zero-order valence-corrected chi connectivity index (χ0v) is 18.1. The van der Waals surface area contributed by atoms with E-state index in [1.54, 1.807) is 25.4 Å². The molecule has 0 aliphatic carbocycles. The van der Waals surface area contributed by atoms with Crippen molar-refractivity contribution in [3.63, 3.8) is 0 Å². The van der Waals surface area contributed by atoms with Crippen LogP contribution in [0.25, 0.3) is 55.2 Å². The second-order valence-electron chi connectivity index (χ2n) is 7.63. The summed E-state index contributed by atoms with van der Waals surface area (Å²) in [6.07, 6.45) is 4.83. The molecule has 160 valence electrons. The number of pyridine rings is 2. The van der Waals surface area contributed by atoms with Crippen molar-refractivity contribution in [3.05, 3.63) is 65.9 Å². The number of thiophene rings is 1. The maximum absolute atomic E-state index is 11.7. The molecule has 0 saturated carbocycles. The molecular formula is C24H16N6O2S. The summed E-state index contributed by atoms with van der Waals surface area (Å²) < 4.78 is 0. The van der Waals surface area contributed by atoms with Gasteiger partial charge in [-0.05, 0) is 48.9 Å². The van der Waals surface area contributed by atoms with Crippen LogP contribution >= 0.6 is 11.3 Å². The van der Waals surface area contributed by atoms with Gasteiger partial charge in [-0.15, -0.1) is 11.3 Å². The van der Waals surface area contributed by atoms with E-state index in [0.29, 0.717) is 27.6 Å². The number of nitrogens with zero attached hydrogens (tertiary/aromatic N) is 4. The highest BCUT2D eigenvalue weighted by molar-refractivity contribution is 7.17. The average Bonchev–Trinajstić information content (AvgIpc) is 3.55. The minimum absolute atomic E-state index is 0.0417. The third-order valence-electron chi connectivity index (χ3n) is 5.45. The fourth-order valence-electron chi connectivity index (χ4n) is 3.85. The number of aromatic nitrogens is 6. The Morgan fingerprint density at radius 3 is 2.79 bits per heavy atom. The Labute approximate surface area is 191 Å². The highest BCUT2D eigenvalue weighted by atomic mass is 32.1. The second kappa shape index (κ2) is 7.35. The van der Waals surface area contributed by atoms with Crippen molar-refractivity contribution in [1.29, 1.82) is 0 Å². The molecule has 3 N–H and O–H groups in total. The lowest BCUT2D eigenvalue weighted by atomic mass is 10.0. The first-order chi connectivity index (χ1) is 16.1. The van der Waals surface area contributed by atoms with E-state index in [0.717, 1.165) is 32.5 Å². The Kier molecular flexibility index (Phi) is 4.30. The molecule has 0 unspecified atom stereocenters. The third-order valence-corrected chi connectivity index (χ3v) is 6.67. The minimum Gasteiger partial charge on any atom is -0.506 e. The summed E-state index contributed by atoms with van der Waals surface area (Å²) in [4.78, 5) is 30.0. The number of carbonyl (C=O) groups excluding carboxylic acids is 1. The lowest BCUT2D eigenvalue weighted by Crippen LogP contribution is -1.84. The summed E-state index contributed by atoms with van der Waals surface area (Å²) in [7, 11) is 0. The van der Waals surface area contributed by atoms with Crippen molar-refractivity contribution < 1.29 is 9.90 Å². The van der Waals surface area contributed by atoms with E-state index in [1.165, 1.54) is 17.5 Å². The van der Waals surface area contributed by atoms with E-state index < -0.39 is 0 Å². The Morgan fingerprint density at radius 2 is 1.97 bits per heavy atom. The summed E-state index contributed by atoms with van der Waals surface area (Å²) in [5.74, 6) is 0.739. The Balaban J connectivity index is 1.48. The molecule has 0 fully saturated rings. The van der Waals surface area contributed by atoms with E-state index >= 15 is 0 Å². The lowest BCUT2D eigenvalue weighted by Gasteiger charge is -2.02. The van der Waals surface area contributed by atoms with Gasteiger partial charge in [-0.2, -0.15) is 5.10 Å². The van der Waals surface area contributed by atoms with Crippen LogP contribution in [0.3, 0.4) is 0 Å². The minimum atomic E-state index is 0.0417. The van der Waals surface area contributed by atoms with Crippen molar-refractivity contribution in [2.45, 2.75) is 6.92 Å². The number of carbonyl (C=O) groups is 1. The van der Waals surface area contributed by atoms with Gasteiger partial charge < -0.3 is 10.1 Å². The van der Waals surface area contributed by atoms with Gasteiger partial charge in [0.25, 0.3) is 0 Å². The fraction of sp³-hybridized carbons (Fsp3) is 0.0417. The van der Waals surface area contributed by atoms with E-state index in [1.807, 2.05) is 36.4 Å². The Bertz CT molecular complexity index is 1680. The molecule has 0 radical (unpaired) electrons. The molecular weight excluding hydrogens is 436 g/mol. The zero-order chi connectivity index (χ0) is 22.5. The molecule has 0 spiro atoms. The predicted molar refractivity (Wildman–Crippen MR) is 127 cm³/mol. The molecule has 9 heteroatoms. The van der Waals surface area contributed by atoms with Crippen molar-refractivity contribution in [2.75, 3.05) is 0 Å². The molecule has 0 atom stereocenters. The van der Waals surface area contributed by atoms with Gasteiger partial charge in [0.15, 0.2) is 17.3 Å². The summed E-state index contributed by atoms with van der Waals surface area (Å²) in [6.45, 7) is 1.56. The number of hydrogen-bond acceptors (Lipinski definition) is 7. The zero-order valence-electron chi connectivity index (χ0n) is 17.3. The molecule has 0 aliphatic heterocycles. The molecule has 5 heterocycles. The van der Waals surface area contributed by atoms with E-state index in [-0.39, 0.29) is 11.5 Å². The van der Waals surface area contributed by atoms with Crippen LogP contribution in [0.4, 0.5) is 0 Å². The summed E-state index contributed by atoms with van der Waals surface area (Å²) >= 11 is 1.44. The first kappa shape index (κ1) is 19.3. The molecule has 0 saturated heterocycles. The number of hydrogen-bond donors (Lipinski definition) is 3. The molecule has 33 heavy (non-hydrogen) atoms. The number of ketones is 1. The number of aromatic amines is 2. The number of rotatable bonds is 4. The van der Waals surface area contributed by atoms with Crippen LogP contribution in [-0.4, -0.2) is 41.0 Å². The quantitative estimate of drug-likeness (QED) is 0.316. The van der Waals surface area contributed by atoms with Crippen LogP contribution in [0.1, 0.15) is 16.6 Å². The van der Waals surface area contributed by atoms with Crippen LogP contribution in [0.5, 0.6) is 5.75 Å². The number of fused-ring (bicyclic) bond motifs is 2. The molecule has 0 amide bonds. The van der Waals surface area contributed by atoms with Gasteiger partial charge in [0.1, 0.15) is 17.0 Å². The van der Waals surface area contributed by atoms with Crippen molar-refractivity contribution in [3.8, 4) is 38.8 Å². The molecule has 6 rings (SSSR count).